The van der Waals surface area contributed by atoms with Crippen molar-refractivity contribution in [3.05, 3.63) is 34.6 Å². The quantitative estimate of drug-likeness (QED) is 0.819. The van der Waals surface area contributed by atoms with Gasteiger partial charge in [0.2, 0.25) is 0 Å². The molecule has 2 rings (SSSR count). The Morgan fingerprint density at radius 2 is 2.35 bits per heavy atom. The lowest BCUT2D eigenvalue weighted by Crippen LogP contribution is -2.10. The molecule has 1 saturated heterocycles. The van der Waals surface area contributed by atoms with E-state index in [4.69, 9.17) is 16.3 Å². The molecule has 0 amide bonds. The molecule has 1 N–H and O–H groups in total. The van der Waals surface area contributed by atoms with Crippen molar-refractivity contribution in [3.63, 3.8) is 0 Å². The molecule has 2 nitrogen and oxygen atoms in total. The molecule has 0 spiro atoms. The number of benzene rings is 1. The molecule has 0 aliphatic carbocycles. The molecular formula is C13H17ClFNO. The van der Waals surface area contributed by atoms with Gasteiger partial charge < -0.3 is 10.1 Å². The standard InChI is InChI=1S/C13H17ClFNO/c14-13-11(2-1-3-12(13)15)9-17-7-5-10-4-6-16-8-10/h1-3,10,16H,4-9H2. The molecule has 0 saturated carbocycles. The van der Waals surface area contributed by atoms with Crippen molar-refractivity contribution in [3.8, 4) is 0 Å². The van der Waals surface area contributed by atoms with Gasteiger partial charge in [0.25, 0.3) is 0 Å². The van der Waals surface area contributed by atoms with Crippen LogP contribution >= 0.6 is 11.6 Å². The first-order valence-electron chi connectivity index (χ1n) is 5.98. The third-order valence-electron chi connectivity index (χ3n) is 3.12. The summed E-state index contributed by atoms with van der Waals surface area (Å²) >= 11 is 5.83. The van der Waals surface area contributed by atoms with Gasteiger partial charge in [-0.15, -0.1) is 0 Å². The number of hydrogen-bond acceptors (Lipinski definition) is 2. The molecule has 1 atom stereocenters. The average Bonchev–Trinajstić information content (AvgIpc) is 2.83. The van der Waals surface area contributed by atoms with Crippen LogP contribution in [0, 0.1) is 11.7 Å². The molecule has 1 fully saturated rings. The summed E-state index contributed by atoms with van der Waals surface area (Å²) in [5.74, 6) is 0.339. The average molecular weight is 258 g/mol. The van der Waals surface area contributed by atoms with Gasteiger partial charge in [-0.3, -0.25) is 0 Å². The molecule has 1 aromatic rings. The van der Waals surface area contributed by atoms with Crippen molar-refractivity contribution < 1.29 is 9.13 Å². The molecule has 1 aliphatic heterocycles. The highest BCUT2D eigenvalue weighted by Crippen LogP contribution is 2.20. The smallest absolute Gasteiger partial charge is 0.142 e. The van der Waals surface area contributed by atoms with Gasteiger partial charge in [-0.2, -0.15) is 0 Å². The van der Waals surface area contributed by atoms with Crippen LogP contribution in [-0.4, -0.2) is 19.7 Å². The van der Waals surface area contributed by atoms with E-state index in [1.165, 1.54) is 12.5 Å². The van der Waals surface area contributed by atoms with E-state index in [1.807, 2.05) is 0 Å². The molecule has 4 heteroatoms. The lowest BCUT2D eigenvalue weighted by atomic mass is 10.1. The Hall–Kier alpha value is -0.640. The first kappa shape index (κ1) is 12.8. The number of ether oxygens (including phenoxy) is 1. The maximum atomic E-state index is 13.1. The predicted molar refractivity (Wildman–Crippen MR) is 66.7 cm³/mol. The SMILES string of the molecule is Fc1cccc(COCCC2CCNC2)c1Cl. The monoisotopic (exact) mass is 257 g/mol. The minimum atomic E-state index is -0.382. The summed E-state index contributed by atoms with van der Waals surface area (Å²) in [7, 11) is 0. The Kier molecular flexibility index (Phi) is 4.77. The van der Waals surface area contributed by atoms with Crippen LogP contribution in [0.4, 0.5) is 4.39 Å². The Morgan fingerprint density at radius 1 is 1.47 bits per heavy atom. The van der Waals surface area contributed by atoms with Gasteiger partial charge in [-0.25, -0.2) is 4.39 Å². The highest BCUT2D eigenvalue weighted by Gasteiger charge is 2.13. The fourth-order valence-electron chi connectivity index (χ4n) is 2.05. The van der Waals surface area contributed by atoms with E-state index < -0.39 is 0 Å². The first-order chi connectivity index (χ1) is 8.27. The van der Waals surface area contributed by atoms with Crippen LogP contribution in [0.1, 0.15) is 18.4 Å². The molecule has 94 valence electrons. The van der Waals surface area contributed by atoms with Crippen LogP contribution < -0.4 is 5.32 Å². The molecule has 17 heavy (non-hydrogen) atoms. The lowest BCUT2D eigenvalue weighted by molar-refractivity contribution is 0.109. The summed E-state index contributed by atoms with van der Waals surface area (Å²) < 4.78 is 18.7. The Morgan fingerprint density at radius 3 is 3.12 bits per heavy atom. The van der Waals surface area contributed by atoms with Crippen LogP contribution in [0.2, 0.25) is 5.02 Å². The number of hydrogen-bond donors (Lipinski definition) is 1. The first-order valence-corrected chi connectivity index (χ1v) is 6.36. The Balaban J connectivity index is 1.72. The normalized spacial score (nSPS) is 19.8. The Labute approximate surface area is 106 Å². The second-order valence-corrected chi connectivity index (χ2v) is 4.79. The van der Waals surface area contributed by atoms with Gasteiger partial charge in [0.05, 0.1) is 11.6 Å². The molecule has 0 radical (unpaired) electrons. The topological polar surface area (TPSA) is 21.3 Å². The molecule has 1 unspecified atom stereocenters. The fraction of sp³-hybridized carbons (Fsp3) is 0.538. The lowest BCUT2D eigenvalue weighted by Gasteiger charge is -2.09. The minimum Gasteiger partial charge on any atom is -0.377 e. The second kappa shape index (κ2) is 6.34. The van der Waals surface area contributed by atoms with E-state index in [-0.39, 0.29) is 10.8 Å². The Bertz CT molecular complexity index is 366. The van der Waals surface area contributed by atoms with Gasteiger partial charge >= 0.3 is 0 Å². The molecule has 1 heterocycles. The van der Waals surface area contributed by atoms with Crippen molar-refractivity contribution in [2.24, 2.45) is 5.92 Å². The fourth-order valence-corrected chi connectivity index (χ4v) is 2.23. The summed E-state index contributed by atoms with van der Waals surface area (Å²) in [5.41, 5.74) is 0.719. The van der Waals surface area contributed by atoms with Gasteiger partial charge in [0, 0.05) is 6.61 Å². The van der Waals surface area contributed by atoms with Crippen LogP contribution in [0.3, 0.4) is 0 Å². The number of rotatable bonds is 5. The third-order valence-corrected chi connectivity index (χ3v) is 3.55. The van der Waals surface area contributed by atoms with Gasteiger partial charge in [0.15, 0.2) is 0 Å². The third kappa shape index (κ3) is 3.66. The van der Waals surface area contributed by atoms with Crippen molar-refractivity contribution in [1.29, 1.82) is 0 Å². The van der Waals surface area contributed by atoms with E-state index in [9.17, 15) is 4.39 Å². The van der Waals surface area contributed by atoms with E-state index in [0.717, 1.165) is 31.0 Å². The van der Waals surface area contributed by atoms with Gasteiger partial charge in [0.1, 0.15) is 5.82 Å². The van der Waals surface area contributed by atoms with Crippen LogP contribution in [-0.2, 0) is 11.3 Å². The number of halogens is 2. The van der Waals surface area contributed by atoms with E-state index in [0.29, 0.717) is 13.2 Å². The van der Waals surface area contributed by atoms with Crippen LogP contribution in [0.15, 0.2) is 18.2 Å². The van der Waals surface area contributed by atoms with E-state index in [2.05, 4.69) is 5.32 Å². The second-order valence-electron chi connectivity index (χ2n) is 4.41. The summed E-state index contributed by atoms with van der Waals surface area (Å²) in [4.78, 5) is 0. The van der Waals surface area contributed by atoms with Crippen LogP contribution in [0.5, 0.6) is 0 Å². The van der Waals surface area contributed by atoms with Crippen molar-refractivity contribution >= 4 is 11.6 Å². The van der Waals surface area contributed by atoms with E-state index in [1.54, 1.807) is 12.1 Å². The molecule has 0 bridgehead atoms. The summed E-state index contributed by atoms with van der Waals surface area (Å²) in [6.45, 7) is 3.29. The van der Waals surface area contributed by atoms with Crippen molar-refractivity contribution in [1.82, 2.24) is 5.32 Å². The molecule has 1 aromatic carbocycles. The number of nitrogens with one attached hydrogen (secondary N) is 1. The predicted octanol–water partition coefficient (Wildman–Crippen LogP) is 3.00. The summed E-state index contributed by atoms with van der Waals surface area (Å²) in [5, 5.41) is 3.50. The largest absolute Gasteiger partial charge is 0.377 e. The molecular weight excluding hydrogens is 241 g/mol. The zero-order chi connectivity index (χ0) is 12.1. The maximum absolute atomic E-state index is 13.1. The maximum Gasteiger partial charge on any atom is 0.142 e. The minimum absolute atomic E-state index is 0.176. The van der Waals surface area contributed by atoms with Crippen molar-refractivity contribution in [2.75, 3.05) is 19.7 Å². The van der Waals surface area contributed by atoms with Crippen molar-refractivity contribution in [2.45, 2.75) is 19.4 Å². The molecule has 0 aromatic heterocycles. The zero-order valence-electron chi connectivity index (χ0n) is 9.72. The van der Waals surface area contributed by atoms with Gasteiger partial charge in [-0.05, 0) is 43.5 Å². The zero-order valence-corrected chi connectivity index (χ0v) is 10.5. The summed E-state index contributed by atoms with van der Waals surface area (Å²) in [6.07, 6.45) is 2.28. The highest BCUT2D eigenvalue weighted by atomic mass is 35.5. The highest BCUT2D eigenvalue weighted by molar-refractivity contribution is 6.31. The molecule has 1 aliphatic rings. The van der Waals surface area contributed by atoms with Crippen LogP contribution in [0.25, 0.3) is 0 Å². The summed E-state index contributed by atoms with van der Waals surface area (Å²) in [6, 6.07) is 4.80. The van der Waals surface area contributed by atoms with Gasteiger partial charge in [-0.1, -0.05) is 23.7 Å². The van der Waals surface area contributed by atoms with E-state index >= 15 is 0 Å².